The fourth-order valence-corrected chi connectivity index (χ4v) is 4.10. The first-order valence-corrected chi connectivity index (χ1v) is 8.57. The molecule has 8 heteroatoms. The number of hydrogen-bond acceptors (Lipinski definition) is 5. The van der Waals surface area contributed by atoms with Crippen LogP contribution in [0.5, 0.6) is 0 Å². The molecule has 2 heterocycles. The molecule has 2 rings (SSSR count). The van der Waals surface area contributed by atoms with E-state index in [1.54, 1.807) is 22.3 Å². The molecule has 0 saturated heterocycles. The second-order valence-electron chi connectivity index (χ2n) is 4.45. The van der Waals surface area contributed by atoms with E-state index in [-0.39, 0.29) is 0 Å². The van der Waals surface area contributed by atoms with Crippen molar-refractivity contribution in [2.45, 2.75) is 17.9 Å². The highest BCUT2D eigenvalue weighted by Gasteiger charge is 2.15. The second-order valence-corrected chi connectivity index (χ2v) is 7.21. The van der Waals surface area contributed by atoms with Crippen LogP contribution in [0.3, 0.4) is 0 Å². The number of hydrogen-bond donors (Lipinski definition) is 2. The zero-order valence-electron chi connectivity index (χ0n) is 11.5. The van der Waals surface area contributed by atoms with Crippen LogP contribution in [0.4, 0.5) is 0 Å². The summed E-state index contributed by atoms with van der Waals surface area (Å²) in [6, 6.07) is 1.70. The van der Waals surface area contributed by atoms with Gasteiger partial charge in [0.05, 0.1) is 11.1 Å². The summed E-state index contributed by atoms with van der Waals surface area (Å²) in [6.07, 6.45) is 4.24. The van der Waals surface area contributed by atoms with Crippen LogP contribution in [0.15, 0.2) is 28.7 Å². The minimum absolute atomic E-state index is 0.332. The first-order valence-electron chi connectivity index (χ1n) is 6.20. The first-order chi connectivity index (χ1) is 9.51. The molecule has 0 amide bonds. The summed E-state index contributed by atoms with van der Waals surface area (Å²) < 4.78 is 28.5. The molecule has 2 N–H and O–H groups in total. The molecule has 0 radical (unpaired) electrons. The lowest BCUT2D eigenvalue weighted by Gasteiger charge is -2.03. The number of rotatable bonds is 7. The maximum atomic E-state index is 12.1. The van der Waals surface area contributed by atoms with Crippen molar-refractivity contribution in [3.63, 3.8) is 0 Å². The molecule has 0 saturated carbocycles. The lowest BCUT2D eigenvalue weighted by molar-refractivity contribution is 0.582. The maximum Gasteiger partial charge on any atom is 0.241 e. The molecule has 2 aromatic rings. The number of aryl methyl sites for hydroxylation is 1. The van der Waals surface area contributed by atoms with Gasteiger partial charge < -0.3 is 5.32 Å². The summed E-state index contributed by atoms with van der Waals surface area (Å²) in [7, 11) is 0.253. The Morgan fingerprint density at radius 1 is 1.45 bits per heavy atom. The molecule has 0 aromatic carbocycles. The van der Waals surface area contributed by atoms with Crippen LogP contribution >= 0.6 is 11.3 Å². The van der Waals surface area contributed by atoms with E-state index < -0.39 is 10.0 Å². The molecule has 2 aromatic heterocycles. The van der Waals surface area contributed by atoms with Crippen LogP contribution in [0.2, 0.25) is 0 Å². The molecule has 0 aliphatic rings. The highest BCUT2D eigenvalue weighted by Crippen LogP contribution is 2.18. The van der Waals surface area contributed by atoms with E-state index in [0.29, 0.717) is 24.4 Å². The molecular weight excluding hydrogens is 296 g/mol. The SMILES string of the molecule is CNCc1cc(S(=O)(=O)NCCc2cnn(C)c2)cs1. The Bertz CT molecular complexity index is 661. The van der Waals surface area contributed by atoms with Gasteiger partial charge in [-0.3, -0.25) is 4.68 Å². The number of sulfonamides is 1. The lowest BCUT2D eigenvalue weighted by atomic mass is 10.3. The zero-order chi connectivity index (χ0) is 14.6. The Hall–Kier alpha value is -1.22. The highest BCUT2D eigenvalue weighted by atomic mass is 32.2. The van der Waals surface area contributed by atoms with E-state index >= 15 is 0 Å². The summed E-state index contributed by atoms with van der Waals surface area (Å²) in [5.41, 5.74) is 1.01. The van der Waals surface area contributed by atoms with Gasteiger partial charge in [-0.2, -0.15) is 5.10 Å². The summed E-state index contributed by atoms with van der Waals surface area (Å²) >= 11 is 1.44. The van der Waals surface area contributed by atoms with Crippen molar-refractivity contribution in [1.82, 2.24) is 19.8 Å². The number of thiophene rings is 1. The number of aromatic nitrogens is 2. The van der Waals surface area contributed by atoms with Gasteiger partial charge in [0, 0.05) is 36.6 Å². The molecule has 0 atom stereocenters. The summed E-state index contributed by atoms with van der Waals surface area (Å²) in [4.78, 5) is 1.33. The minimum Gasteiger partial charge on any atom is -0.315 e. The molecule has 0 spiro atoms. The Morgan fingerprint density at radius 3 is 2.90 bits per heavy atom. The zero-order valence-corrected chi connectivity index (χ0v) is 13.1. The Morgan fingerprint density at radius 2 is 2.25 bits per heavy atom. The minimum atomic E-state index is -3.42. The van der Waals surface area contributed by atoms with Gasteiger partial charge in [-0.25, -0.2) is 13.1 Å². The van der Waals surface area contributed by atoms with Gasteiger partial charge in [0.2, 0.25) is 10.0 Å². The topological polar surface area (TPSA) is 76.0 Å². The summed E-state index contributed by atoms with van der Waals surface area (Å²) in [5, 5.41) is 8.72. The third-order valence-corrected chi connectivity index (χ3v) is 5.28. The monoisotopic (exact) mass is 314 g/mol. The van der Waals surface area contributed by atoms with E-state index in [0.717, 1.165) is 10.4 Å². The largest absolute Gasteiger partial charge is 0.315 e. The van der Waals surface area contributed by atoms with Crippen molar-refractivity contribution in [3.05, 3.63) is 34.3 Å². The first kappa shape index (κ1) is 15.2. The van der Waals surface area contributed by atoms with E-state index in [2.05, 4.69) is 15.1 Å². The molecule has 0 fully saturated rings. The predicted molar refractivity (Wildman–Crippen MR) is 79.2 cm³/mol. The maximum absolute atomic E-state index is 12.1. The molecule has 0 aliphatic carbocycles. The summed E-state index contributed by atoms with van der Waals surface area (Å²) in [5.74, 6) is 0. The molecule has 6 nitrogen and oxygen atoms in total. The van der Waals surface area contributed by atoms with Crippen LogP contribution in [-0.4, -0.2) is 31.8 Å². The second kappa shape index (κ2) is 6.49. The van der Waals surface area contributed by atoms with E-state index in [4.69, 9.17) is 0 Å². The van der Waals surface area contributed by atoms with Crippen molar-refractivity contribution in [2.24, 2.45) is 7.05 Å². The fourth-order valence-electron chi connectivity index (χ4n) is 1.78. The standard InChI is InChI=1S/C12H18N4O2S2/c1-13-7-11-5-12(9-19-11)20(17,18)15-4-3-10-6-14-16(2)8-10/h5-6,8-9,13,15H,3-4,7H2,1-2H3. The van der Waals surface area contributed by atoms with Crippen molar-refractivity contribution >= 4 is 21.4 Å². The Kier molecular flexibility index (Phi) is 4.92. The Labute approximate surface area is 122 Å². The van der Waals surface area contributed by atoms with Gasteiger partial charge in [-0.1, -0.05) is 0 Å². The molecular formula is C12H18N4O2S2. The fraction of sp³-hybridized carbons (Fsp3) is 0.417. The van der Waals surface area contributed by atoms with Crippen molar-refractivity contribution in [2.75, 3.05) is 13.6 Å². The normalized spacial score (nSPS) is 11.9. The molecule has 110 valence electrons. The average molecular weight is 314 g/mol. The van der Waals surface area contributed by atoms with Crippen LogP contribution in [0.1, 0.15) is 10.4 Å². The Balaban J connectivity index is 1.92. The molecule has 20 heavy (non-hydrogen) atoms. The quantitative estimate of drug-likeness (QED) is 0.790. The third-order valence-electron chi connectivity index (χ3n) is 2.76. The van der Waals surface area contributed by atoms with Gasteiger partial charge in [0.25, 0.3) is 0 Å². The summed E-state index contributed by atoms with van der Waals surface area (Å²) in [6.45, 7) is 1.04. The van der Waals surface area contributed by atoms with Gasteiger partial charge in [0.15, 0.2) is 0 Å². The van der Waals surface area contributed by atoms with E-state index in [9.17, 15) is 8.42 Å². The van der Waals surface area contributed by atoms with Crippen molar-refractivity contribution < 1.29 is 8.42 Å². The van der Waals surface area contributed by atoms with Gasteiger partial charge in [-0.15, -0.1) is 11.3 Å². The van der Waals surface area contributed by atoms with Crippen LogP contribution in [0.25, 0.3) is 0 Å². The van der Waals surface area contributed by atoms with Crippen LogP contribution in [-0.2, 0) is 30.0 Å². The van der Waals surface area contributed by atoms with Crippen molar-refractivity contribution in [1.29, 1.82) is 0 Å². The number of nitrogens with zero attached hydrogens (tertiary/aromatic N) is 2. The smallest absolute Gasteiger partial charge is 0.241 e. The predicted octanol–water partition coefficient (Wildman–Crippen LogP) is 0.722. The van der Waals surface area contributed by atoms with Gasteiger partial charge >= 0.3 is 0 Å². The van der Waals surface area contributed by atoms with Crippen molar-refractivity contribution in [3.8, 4) is 0 Å². The van der Waals surface area contributed by atoms with Crippen LogP contribution < -0.4 is 10.0 Å². The van der Waals surface area contributed by atoms with E-state index in [1.165, 1.54) is 11.3 Å². The lowest BCUT2D eigenvalue weighted by Crippen LogP contribution is -2.25. The average Bonchev–Trinajstić information content (AvgIpc) is 2.99. The van der Waals surface area contributed by atoms with Gasteiger partial charge in [0.1, 0.15) is 0 Å². The van der Waals surface area contributed by atoms with Crippen LogP contribution in [0, 0.1) is 0 Å². The highest BCUT2D eigenvalue weighted by molar-refractivity contribution is 7.89. The third kappa shape index (κ3) is 3.89. The van der Waals surface area contributed by atoms with Gasteiger partial charge in [-0.05, 0) is 25.1 Å². The molecule has 0 aliphatic heterocycles. The number of nitrogens with one attached hydrogen (secondary N) is 2. The molecule has 0 bridgehead atoms. The molecule has 0 unspecified atom stereocenters. The van der Waals surface area contributed by atoms with E-state index in [1.807, 2.05) is 20.3 Å².